The van der Waals surface area contributed by atoms with Crippen molar-refractivity contribution in [3.05, 3.63) is 35.4 Å². The van der Waals surface area contributed by atoms with E-state index in [1.807, 2.05) is 0 Å². The zero-order valence-electron chi connectivity index (χ0n) is 12.6. The molecule has 0 radical (unpaired) electrons. The normalized spacial score (nSPS) is 9.33. The first kappa shape index (κ1) is 21.3. The SMILES string of the molecule is COC(C)=O.COC(C)=O.Cc1cccc(C(F)(F)F)c1. The molecule has 0 unspecified atom stereocenters. The van der Waals surface area contributed by atoms with E-state index in [0.29, 0.717) is 5.56 Å². The quantitative estimate of drug-likeness (QED) is 0.690. The highest BCUT2D eigenvalue weighted by atomic mass is 19.4. The molecule has 0 saturated carbocycles. The molecule has 120 valence electrons. The van der Waals surface area contributed by atoms with Gasteiger partial charge in [-0.15, -0.1) is 0 Å². The van der Waals surface area contributed by atoms with Crippen molar-refractivity contribution in [2.45, 2.75) is 26.9 Å². The summed E-state index contributed by atoms with van der Waals surface area (Å²) < 4.78 is 44.1. The van der Waals surface area contributed by atoms with Crippen LogP contribution < -0.4 is 0 Å². The van der Waals surface area contributed by atoms with Crippen LogP contribution in [0.1, 0.15) is 25.0 Å². The highest BCUT2D eigenvalue weighted by Gasteiger charge is 2.29. The van der Waals surface area contributed by atoms with E-state index in [0.717, 1.165) is 12.1 Å². The van der Waals surface area contributed by atoms with Gasteiger partial charge in [-0.1, -0.05) is 23.8 Å². The van der Waals surface area contributed by atoms with Crippen molar-refractivity contribution >= 4 is 11.9 Å². The molecule has 7 heteroatoms. The first-order valence-electron chi connectivity index (χ1n) is 5.77. The van der Waals surface area contributed by atoms with Crippen LogP contribution in [0.2, 0.25) is 0 Å². The van der Waals surface area contributed by atoms with E-state index in [2.05, 4.69) is 9.47 Å². The van der Waals surface area contributed by atoms with Crippen LogP contribution in [0.3, 0.4) is 0 Å². The first-order valence-corrected chi connectivity index (χ1v) is 5.77. The van der Waals surface area contributed by atoms with Crippen LogP contribution in [0.25, 0.3) is 0 Å². The molecule has 0 amide bonds. The van der Waals surface area contributed by atoms with Crippen LogP contribution in [0, 0.1) is 6.92 Å². The van der Waals surface area contributed by atoms with Crippen LogP contribution in [-0.2, 0) is 25.2 Å². The van der Waals surface area contributed by atoms with Gasteiger partial charge in [0.2, 0.25) is 0 Å². The smallest absolute Gasteiger partial charge is 0.416 e. The van der Waals surface area contributed by atoms with E-state index < -0.39 is 11.7 Å². The minimum atomic E-state index is -4.22. The van der Waals surface area contributed by atoms with Gasteiger partial charge in [-0.2, -0.15) is 13.2 Å². The van der Waals surface area contributed by atoms with Gasteiger partial charge in [0.1, 0.15) is 0 Å². The molecule has 1 rings (SSSR count). The molecule has 0 aliphatic heterocycles. The van der Waals surface area contributed by atoms with Crippen LogP contribution in [-0.4, -0.2) is 26.2 Å². The Morgan fingerprint density at radius 1 is 1.00 bits per heavy atom. The molecule has 0 aliphatic rings. The molecule has 4 nitrogen and oxygen atoms in total. The van der Waals surface area contributed by atoms with Gasteiger partial charge in [0.15, 0.2) is 0 Å². The molecule has 0 fully saturated rings. The fraction of sp³-hybridized carbons (Fsp3) is 0.429. The molecule has 0 heterocycles. The lowest BCUT2D eigenvalue weighted by molar-refractivity contribution is -0.138. The number of rotatable bonds is 0. The first-order chi connectivity index (χ1) is 9.54. The predicted molar refractivity (Wildman–Crippen MR) is 71.6 cm³/mol. The third kappa shape index (κ3) is 14.2. The Balaban J connectivity index is 0. The number of aryl methyl sites for hydroxylation is 1. The summed E-state index contributed by atoms with van der Waals surface area (Å²) in [6.07, 6.45) is -4.22. The lowest BCUT2D eigenvalue weighted by Gasteiger charge is -2.05. The number of hydrogen-bond donors (Lipinski definition) is 0. The molecular weight excluding hydrogens is 289 g/mol. The van der Waals surface area contributed by atoms with Gasteiger partial charge in [0.05, 0.1) is 19.8 Å². The van der Waals surface area contributed by atoms with Crippen molar-refractivity contribution in [2.24, 2.45) is 0 Å². The largest absolute Gasteiger partial charge is 0.469 e. The fourth-order valence-corrected chi connectivity index (χ4v) is 0.821. The minimum absolute atomic E-state index is 0.245. The average Bonchev–Trinajstić information content (AvgIpc) is 2.39. The summed E-state index contributed by atoms with van der Waals surface area (Å²) in [4.78, 5) is 19.2. The second-order valence-corrected chi connectivity index (χ2v) is 3.76. The molecule has 0 aliphatic carbocycles. The standard InChI is InChI=1S/C8H7F3.2C3H6O2/c1-6-3-2-4-7(5-6)8(9,10)11;2*1-3(4)5-2/h2-5H,1H3;2*1-2H3. The monoisotopic (exact) mass is 308 g/mol. The van der Waals surface area contributed by atoms with Crippen molar-refractivity contribution in [3.8, 4) is 0 Å². The number of carbonyl (C=O) groups excluding carboxylic acids is 2. The minimum Gasteiger partial charge on any atom is -0.469 e. The van der Waals surface area contributed by atoms with Gasteiger partial charge in [-0.3, -0.25) is 9.59 Å². The lowest BCUT2D eigenvalue weighted by Crippen LogP contribution is -2.04. The Bertz CT molecular complexity index is 428. The zero-order chi connectivity index (χ0) is 17.1. The Morgan fingerprint density at radius 2 is 1.38 bits per heavy atom. The van der Waals surface area contributed by atoms with Crippen molar-refractivity contribution in [1.29, 1.82) is 0 Å². The van der Waals surface area contributed by atoms with Crippen molar-refractivity contribution in [1.82, 2.24) is 0 Å². The van der Waals surface area contributed by atoms with Gasteiger partial charge < -0.3 is 9.47 Å². The number of carbonyl (C=O) groups is 2. The van der Waals surface area contributed by atoms with E-state index >= 15 is 0 Å². The number of benzene rings is 1. The van der Waals surface area contributed by atoms with Gasteiger partial charge in [0, 0.05) is 13.8 Å². The van der Waals surface area contributed by atoms with E-state index in [4.69, 9.17) is 0 Å². The number of methoxy groups -OCH3 is 2. The number of hydrogen-bond acceptors (Lipinski definition) is 4. The summed E-state index contributed by atoms with van der Waals surface area (Å²) in [5.74, 6) is -0.491. The molecule has 0 N–H and O–H groups in total. The number of esters is 2. The van der Waals surface area contributed by atoms with Gasteiger partial charge in [-0.25, -0.2) is 0 Å². The Labute approximate surface area is 121 Å². The van der Waals surface area contributed by atoms with E-state index in [-0.39, 0.29) is 11.9 Å². The Kier molecular flexibility index (Phi) is 10.8. The fourth-order valence-electron chi connectivity index (χ4n) is 0.821. The van der Waals surface area contributed by atoms with Gasteiger partial charge in [-0.05, 0) is 13.0 Å². The predicted octanol–water partition coefficient (Wildman–Crippen LogP) is 3.37. The summed E-state index contributed by atoms with van der Waals surface area (Å²) in [7, 11) is 2.70. The topological polar surface area (TPSA) is 52.6 Å². The number of ether oxygens (including phenoxy) is 2. The molecule has 0 aromatic heterocycles. The molecule has 0 saturated heterocycles. The molecule has 1 aromatic rings. The third-order valence-electron chi connectivity index (χ3n) is 1.92. The number of halogens is 3. The van der Waals surface area contributed by atoms with E-state index in [9.17, 15) is 22.8 Å². The second-order valence-electron chi connectivity index (χ2n) is 3.76. The maximum absolute atomic E-state index is 12.0. The van der Waals surface area contributed by atoms with E-state index in [1.165, 1.54) is 34.1 Å². The number of alkyl halides is 3. The Hall–Kier alpha value is -2.05. The second kappa shape index (κ2) is 10.7. The van der Waals surface area contributed by atoms with Crippen molar-refractivity contribution in [2.75, 3.05) is 14.2 Å². The van der Waals surface area contributed by atoms with Gasteiger partial charge in [0.25, 0.3) is 0 Å². The Morgan fingerprint density at radius 3 is 1.57 bits per heavy atom. The van der Waals surface area contributed by atoms with Crippen LogP contribution in [0.15, 0.2) is 24.3 Å². The highest BCUT2D eigenvalue weighted by Crippen LogP contribution is 2.29. The summed E-state index contributed by atoms with van der Waals surface area (Å²) in [5.41, 5.74) is 0.0392. The van der Waals surface area contributed by atoms with Crippen LogP contribution in [0.4, 0.5) is 13.2 Å². The van der Waals surface area contributed by atoms with Crippen molar-refractivity contribution in [3.63, 3.8) is 0 Å². The third-order valence-corrected chi connectivity index (χ3v) is 1.92. The summed E-state index contributed by atoms with van der Waals surface area (Å²) in [6.45, 7) is 4.36. The molecule has 0 atom stereocenters. The highest BCUT2D eigenvalue weighted by molar-refractivity contribution is 5.65. The zero-order valence-corrected chi connectivity index (χ0v) is 12.6. The maximum Gasteiger partial charge on any atom is 0.416 e. The molecule has 0 bridgehead atoms. The molecule has 21 heavy (non-hydrogen) atoms. The summed E-state index contributed by atoms with van der Waals surface area (Å²) in [6, 6.07) is 5.22. The summed E-state index contributed by atoms with van der Waals surface area (Å²) >= 11 is 0. The van der Waals surface area contributed by atoms with E-state index in [1.54, 1.807) is 13.0 Å². The molecule has 1 aromatic carbocycles. The average molecular weight is 308 g/mol. The molecule has 0 spiro atoms. The summed E-state index contributed by atoms with van der Waals surface area (Å²) in [5, 5.41) is 0. The van der Waals surface area contributed by atoms with Crippen molar-refractivity contribution < 1.29 is 32.2 Å². The van der Waals surface area contributed by atoms with Crippen LogP contribution >= 0.6 is 0 Å². The molecular formula is C14H19F3O4. The van der Waals surface area contributed by atoms with Crippen LogP contribution in [0.5, 0.6) is 0 Å². The van der Waals surface area contributed by atoms with Gasteiger partial charge >= 0.3 is 18.1 Å². The maximum atomic E-state index is 12.0. The lowest BCUT2D eigenvalue weighted by atomic mass is 10.1.